The van der Waals surface area contributed by atoms with Crippen LogP contribution < -0.4 is 5.32 Å². The second kappa shape index (κ2) is 5.39. The lowest BCUT2D eigenvalue weighted by molar-refractivity contribution is -0.141. The van der Waals surface area contributed by atoms with Gasteiger partial charge in [-0.05, 0) is 35.4 Å². The molecule has 0 spiro atoms. The van der Waals surface area contributed by atoms with Crippen molar-refractivity contribution in [2.45, 2.75) is 19.8 Å². The van der Waals surface area contributed by atoms with Crippen LogP contribution in [-0.4, -0.2) is 42.9 Å². The summed E-state index contributed by atoms with van der Waals surface area (Å²) in [6, 6.07) is 3.54. The van der Waals surface area contributed by atoms with Crippen LogP contribution in [0.1, 0.15) is 19.8 Å². The molecule has 2 rings (SSSR count). The Morgan fingerprint density at radius 2 is 2.39 bits per heavy atom. The second-order valence-electron chi connectivity index (χ2n) is 4.05. The molecule has 2 aromatic rings. The molecule has 18 heavy (non-hydrogen) atoms. The molecule has 0 radical (unpaired) electrons. The highest BCUT2D eigenvalue weighted by atomic mass is 16.4. The van der Waals surface area contributed by atoms with Crippen LogP contribution in [0, 0.1) is 5.92 Å². The summed E-state index contributed by atoms with van der Waals surface area (Å²) in [4.78, 5) is 10.6. The lowest BCUT2D eigenvalue weighted by Crippen LogP contribution is -2.12. The van der Waals surface area contributed by atoms with E-state index in [1.165, 1.54) is 4.63 Å². The minimum Gasteiger partial charge on any atom is -0.481 e. The van der Waals surface area contributed by atoms with E-state index in [-0.39, 0.29) is 5.92 Å². The van der Waals surface area contributed by atoms with Gasteiger partial charge in [0.1, 0.15) is 5.82 Å². The van der Waals surface area contributed by atoms with Gasteiger partial charge in [-0.15, -0.1) is 14.8 Å². The molecule has 0 saturated heterocycles. The number of hydrogen-bond donors (Lipinski definition) is 2. The zero-order valence-electron chi connectivity index (χ0n) is 9.94. The highest BCUT2D eigenvalue weighted by Gasteiger charge is 2.09. The van der Waals surface area contributed by atoms with E-state index in [9.17, 15) is 4.79 Å². The molecule has 1 atom stereocenters. The minimum atomic E-state index is -0.761. The van der Waals surface area contributed by atoms with E-state index in [2.05, 4.69) is 25.9 Å². The summed E-state index contributed by atoms with van der Waals surface area (Å²) in [5.74, 6) is -0.414. The molecule has 2 heterocycles. The third kappa shape index (κ3) is 2.90. The van der Waals surface area contributed by atoms with Crippen LogP contribution in [0.2, 0.25) is 0 Å². The molecule has 2 aromatic heterocycles. The summed E-state index contributed by atoms with van der Waals surface area (Å²) in [7, 11) is 0. The van der Waals surface area contributed by atoms with E-state index in [1.807, 2.05) is 0 Å². The molecule has 0 fully saturated rings. The summed E-state index contributed by atoms with van der Waals surface area (Å²) in [6.45, 7) is 2.37. The molecule has 0 saturated carbocycles. The molecule has 2 N–H and O–H groups in total. The van der Waals surface area contributed by atoms with Crippen LogP contribution in [-0.2, 0) is 4.79 Å². The predicted molar refractivity (Wildman–Crippen MR) is 63.1 cm³/mol. The van der Waals surface area contributed by atoms with Gasteiger partial charge in [-0.1, -0.05) is 6.92 Å². The number of anilines is 1. The molecule has 0 bridgehead atoms. The second-order valence-corrected chi connectivity index (χ2v) is 4.05. The summed E-state index contributed by atoms with van der Waals surface area (Å²) in [5, 5.41) is 26.9. The smallest absolute Gasteiger partial charge is 0.306 e. The molecular weight excluding hydrogens is 236 g/mol. The van der Waals surface area contributed by atoms with E-state index in [0.29, 0.717) is 24.4 Å². The number of aromatic nitrogens is 5. The van der Waals surface area contributed by atoms with Gasteiger partial charge in [0.05, 0.1) is 5.92 Å². The van der Waals surface area contributed by atoms with Crippen molar-refractivity contribution in [2.24, 2.45) is 5.92 Å². The third-order valence-corrected chi connectivity index (χ3v) is 2.61. The Kier molecular flexibility index (Phi) is 3.66. The van der Waals surface area contributed by atoms with E-state index >= 15 is 0 Å². The maximum absolute atomic E-state index is 10.6. The minimum absolute atomic E-state index is 0.318. The number of carboxylic acids is 1. The summed E-state index contributed by atoms with van der Waals surface area (Å²) in [5.41, 5.74) is 0.583. The lowest BCUT2D eigenvalue weighted by atomic mass is 10.1. The first-order chi connectivity index (χ1) is 8.66. The van der Waals surface area contributed by atoms with Crippen molar-refractivity contribution in [3.63, 3.8) is 0 Å². The fourth-order valence-electron chi connectivity index (χ4n) is 1.49. The number of aliphatic carboxylic acids is 1. The number of tetrazole rings is 1. The number of nitrogens with zero attached hydrogens (tertiary/aromatic N) is 5. The average Bonchev–Trinajstić information content (AvgIpc) is 2.81. The van der Waals surface area contributed by atoms with Crippen LogP contribution in [0.15, 0.2) is 12.1 Å². The van der Waals surface area contributed by atoms with Crippen molar-refractivity contribution in [1.82, 2.24) is 25.3 Å². The SMILES string of the molecule is CC(CCCNc1ccc2nnnn2n1)C(=O)O. The third-order valence-electron chi connectivity index (χ3n) is 2.61. The highest BCUT2D eigenvalue weighted by molar-refractivity contribution is 5.69. The first-order valence-corrected chi connectivity index (χ1v) is 5.69. The first-order valence-electron chi connectivity index (χ1n) is 5.69. The lowest BCUT2D eigenvalue weighted by Gasteiger charge is -2.07. The van der Waals surface area contributed by atoms with E-state index in [1.54, 1.807) is 19.1 Å². The van der Waals surface area contributed by atoms with E-state index in [4.69, 9.17) is 5.11 Å². The predicted octanol–water partition coefficient (Wildman–Crippen LogP) is 0.432. The Balaban J connectivity index is 1.81. The van der Waals surface area contributed by atoms with Gasteiger partial charge in [-0.3, -0.25) is 4.79 Å². The molecule has 0 aliphatic heterocycles. The van der Waals surface area contributed by atoms with Crippen LogP contribution in [0.25, 0.3) is 5.65 Å². The average molecular weight is 250 g/mol. The van der Waals surface area contributed by atoms with E-state index < -0.39 is 5.97 Å². The Morgan fingerprint density at radius 3 is 3.17 bits per heavy atom. The summed E-state index contributed by atoms with van der Waals surface area (Å²) < 4.78 is 1.34. The van der Waals surface area contributed by atoms with Gasteiger partial charge in [-0.25, -0.2) is 0 Å². The van der Waals surface area contributed by atoms with Gasteiger partial charge in [-0.2, -0.15) is 0 Å². The summed E-state index contributed by atoms with van der Waals surface area (Å²) >= 11 is 0. The number of rotatable bonds is 6. The van der Waals surface area contributed by atoms with Gasteiger partial charge in [0, 0.05) is 6.54 Å². The van der Waals surface area contributed by atoms with Crippen molar-refractivity contribution in [2.75, 3.05) is 11.9 Å². The zero-order valence-corrected chi connectivity index (χ0v) is 9.94. The molecular formula is C10H14N6O2. The molecule has 0 amide bonds. The van der Waals surface area contributed by atoms with Crippen LogP contribution in [0.3, 0.4) is 0 Å². The van der Waals surface area contributed by atoms with Crippen molar-refractivity contribution in [3.05, 3.63) is 12.1 Å². The largest absolute Gasteiger partial charge is 0.481 e. The standard InChI is InChI=1S/C10H14N6O2/c1-7(10(17)18)3-2-6-11-8-4-5-9-12-14-15-16(9)13-8/h4-5,7H,2-3,6H2,1H3,(H,11,13)(H,17,18). The molecule has 0 aliphatic carbocycles. The first kappa shape index (κ1) is 12.2. The van der Waals surface area contributed by atoms with Crippen LogP contribution in [0.4, 0.5) is 5.82 Å². The Morgan fingerprint density at radius 1 is 1.56 bits per heavy atom. The Labute approximate surface area is 103 Å². The van der Waals surface area contributed by atoms with E-state index in [0.717, 1.165) is 6.42 Å². The fourth-order valence-corrected chi connectivity index (χ4v) is 1.49. The van der Waals surface area contributed by atoms with Crippen molar-refractivity contribution in [1.29, 1.82) is 0 Å². The topological polar surface area (TPSA) is 105 Å². The van der Waals surface area contributed by atoms with Crippen LogP contribution >= 0.6 is 0 Å². The zero-order chi connectivity index (χ0) is 13.0. The Hall–Kier alpha value is -2.25. The quantitative estimate of drug-likeness (QED) is 0.716. The van der Waals surface area contributed by atoms with Gasteiger partial charge in [0.2, 0.25) is 0 Å². The molecule has 96 valence electrons. The molecule has 8 nitrogen and oxygen atoms in total. The van der Waals surface area contributed by atoms with Crippen LogP contribution in [0.5, 0.6) is 0 Å². The van der Waals surface area contributed by atoms with Crippen molar-refractivity contribution < 1.29 is 9.90 Å². The number of fused-ring (bicyclic) bond motifs is 1. The normalized spacial score (nSPS) is 12.5. The van der Waals surface area contributed by atoms with Gasteiger partial charge in [0.25, 0.3) is 0 Å². The molecule has 8 heteroatoms. The number of carbonyl (C=O) groups is 1. The highest BCUT2D eigenvalue weighted by Crippen LogP contribution is 2.07. The number of carboxylic acid groups (broad SMARTS) is 1. The molecule has 0 aliphatic rings. The number of nitrogens with one attached hydrogen (secondary N) is 1. The summed E-state index contributed by atoms with van der Waals surface area (Å²) in [6.07, 6.45) is 1.40. The van der Waals surface area contributed by atoms with Gasteiger partial charge < -0.3 is 10.4 Å². The maximum Gasteiger partial charge on any atom is 0.306 e. The Bertz CT molecular complexity index is 540. The molecule has 0 aromatic carbocycles. The number of hydrogen-bond acceptors (Lipinski definition) is 6. The molecule has 1 unspecified atom stereocenters. The monoisotopic (exact) mass is 250 g/mol. The van der Waals surface area contributed by atoms with Crippen molar-refractivity contribution in [3.8, 4) is 0 Å². The van der Waals surface area contributed by atoms with Gasteiger partial charge >= 0.3 is 5.97 Å². The maximum atomic E-state index is 10.6. The van der Waals surface area contributed by atoms with Crippen molar-refractivity contribution >= 4 is 17.4 Å². The van der Waals surface area contributed by atoms with Gasteiger partial charge in [0.15, 0.2) is 5.65 Å². The fraction of sp³-hybridized carbons (Fsp3) is 0.500.